The summed E-state index contributed by atoms with van der Waals surface area (Å²) in [6.45, 7) is 5.67. The van der Waals surface area contributed by atoms with Crippen molar-refractivity contribution in [2.45, 2.75) is 13.1 Å². The van der Waals surface area contributed by atoms with Crippen molar-refractivity contribution in [3.8, 4) is 28.6 Å². The van der Waals surface area contributed by atoms with Crippen molar-refractivity contribution in [2.24, 2.45) is 0 Å². The summed E-state index contributed by atoms with van der Waals surface area (Å²) in [5, 5.41) is 20.0. The number of halogens is 3. The summed E-state index contributed by atoms with van der Waals surface area (Å²) < 4.78 is 36.8. The van der Waals surface area contributed by atoms with Crippen LogP contribution in [0.3, 0.4) is 0 Å². The minimum Gasteiger partial charge on any atom is -0.475 e. The fraction of sp³-hybridized carbons (Fsp3) is 0.280. The molecule has 2 aromatic heterocycles. The van der Waals surface area contributed by atoms with Crippen LogP contribution in [0.5, 0.6) is 0 Å². The van der Waals surface area contributed by atoms with Gasteiger partial charge in [0.1, 0.15) is 11.9 Å². The first-order chi connectivity index (χ1) is 17.6. The van der Waals surface area contributed by atoms with E-state index in [0.29, 0.717) is 17.7 Å². The first-order valence-corrected chi connectivity index (χ1v) is 11.3. The molecular formula is C25H24F3N5O4. The average molecular weight is 515 g/mol. The molecule has 0 aliphatic carbocycles. The molecule has 1 fully saturated rings. The molecule has 0 saturated carbocycles. The molecule has 1 aliphatic heterocycles. The van der Waals surface area contributed by atoms with E-state index in [-0.39, 0.29) is 5.97 Å². The number of rotatable bonds is 5. The van der Waals surface area contributed by atoms with Gasteiger partial charge in [0.2, 0.25) is 0 Å². The Hall–Kier alpha value is -4.37. The van der Waals surface area contributed by atoms with Crippen LogP contribution >= 0.6 is 0 Å². The van der Waals surface area contributed by atoms with Gasteiger partial charge in [-0.05, 0) is 37.3 Å². The summed E-state index contributed by atoms with van der Waals surface area (Å²) >= 11 is 0. The molecule has 37 heavy (non-hydrogen) atoms. The molecule has 9 nitrogen and oxygen atoms in total. The number of hydrogen-bond acceptors (Lipinski definition) is 7. The molecule has 1 saturated heterocycles. The van der Waals surface area contributed by atoms with E-state index in [1.54, 1.807) is 25.3 Å². The Morgan fingerprint density at radius 1 is 1.14 bits per heavy atom. The highest BCUT2D eigenvalue weighted by atomic mass is 19.4. The van der Waals surface area contributed by atoms with E-state index in [0.717, 1.165) is 54.5 Å². The molecule has 1 aliphatic rings. The summed E-state index contributed by atoms with van der Waals surface area (Å²) in [5.74, 6) is -2.22. The van der Waals surface area contributed by atoms with Crippen LogP contribution in [0, 0.1) is 11.3 Å². The zero-order valence-electron chi connectivity index (χ0n) is 19.8. The molecule has 3 N–H and O–H groups in total. The Labute approximate surface area is 210 Å². The first-order valence-electron chi connectivity index (χ1n) is 11.3. The van der Waals surface area contributed by atoms with Crippen molar-refractivity contribution >= 4 is 17.8 Å². The number of aromatic nitrogens is 2. The maximum Gasteiger partial charge on any atom is 0.490 e. The summed E-state index contributed by atoms with van der Waals surface area (Å²) in [6.07, 6.45) is -3.33. The molecule has 0 unspecified atom stereocenters. The summed E-state index contributed by atoms with van der Waals surface area (Å²) in [7, 11) is 0. The number of pyridine rings is 1. The number of alkyl halides is 3. The van der Waals surface area contributed by atoms with Gasteiger partial charge in [0.25, 0.3) is 0 Å². The fourth-order valence-electron chi connectivity index (χ4n) is 3.57. The molecule has 1 aromatic carbocycles. The number of anilines is 1. The number of benzene rings is 1. The lowest BCUT2D eigenvalue weighted by molar-refractivity contribution is -0.192. The van der Waals surface area contributed by atoms with Gasteiger partial charge in [0, 0.05) is 49.2 Å². The zero-order valence-corrected chi connectivity index (χ0v) is 19.8. The van der Waals surface area contributed by atoms with Crippen LogP contribution in [-0.2, 0) is 9.53 Å². The lowest BCUT2D eigenvalue weighted by Crippen LogP contribution is -2.44. The molecule has 0 amide bonds. The lowest BCUT2D eigenvalue weighted by Gasteiger charge is -2.28. The number of aliphatic carboxylic acids is 1. The molecule has 0 bridgehead atoms. The van der Waals surface area contributed by atoms with Crippen LogP contribution in [0.4, 0.5) is 19.0 Å². The second-order valence-corrected chi connectivity index (χ2v) is 7.82. The number of aromatic amines is 1. The molecule has 0 atom stereocenters. The van der Waals surface area contributed by atoms with E-state index in [1.807, 2.05) is 30.3 Å². The summed E-state index contributed by atoms with van der Waals surface area (Å²) in [4.78, 5) is 30.8. The van der Waals surface area contributed by atoms with Gasteiger partial charge in [0.15, 0.2) is 0 Å². The molecule has 12 heteroatoms. The van der Waals surface area contributed by atoms with E-state index < -0.39 is 12.1 Å². The molecule has 0 spiro atoms. The maximum absolute atomic E-state index is 11.8. The Bertz CT molecular complexity index is 1280. The number of H-pyrrole nitrogens is 1. The second kappa shape index (κ2) is 12.0. The fourth-order valence-corrected chi connectivity index (χ4v) is 3.57. The van der Waals surface area contributed by atoms with Gasteiger partial charge in [-0.3, -0.25) is 4.98 Å². The van der Waals surface area contributed by atoms with E-state index in [1.165, 1.54) is 0 Å². The SMILES string of the molecule is CCOC(=O)c1ccc(-c2cc(-c3cc(C#N)c(N4CCNCC4)[nH]3)ccn2)cc1.O=C(O)C(F)(F)F. The molecule has 0 radical (unpaired) electrons. The predicted octanol–water partition coefficient (Wildman–Crippen LogP) is 3.83. The molecule has 194 valence electrons. The van der Waals surface area contributed by atoms with Crippen molar-refractivity contribution in [3.05, 3.63) is 59.8 Å². The third kappa shape index (κ3) is 7.08. The van der Waals surface area contributed by atoms with Gasteiger partial charge >= 0.3 is 18.1 Å². The molecule has 3 aromatic rings. The van der Waals surface area contributed by atoms with Crippen LogP contribution in [-0.4, -0.2) is 66.0 Å². The number of carboxylic acid groups (broad SMARTS) is 1. The van der Waals surface area contributed by atoms with E-state index in [2.05, 4.69) is 26.3 Å². The Kier molecular flexibility index (Phi) is 8.86. The third-order valence-electron chi connectivity index (χ3n) is 5.36. The Balaban J connectivity index is 0.000000479. The van der Waals surface area contributed by atoms with Gasteiger partial charge in [-0.25, -0.2) is 9.59 Å². The van der Waals surface area contributed by atoms with Gasteiger partial charge < -0.3 is 25.0 Å². The topological polar surface area (TPSA) is 131 Å². The summed E-state index contributed by atoms with van der Waals surface area (Å²) in [6, 6.07) is 15.3. The van der Waals surface area contributed by atoms with Gasteiger partial charge in [-0.1, -0.05) is 12.1 Å². The van der Waals surface area contributed by atoms with Crippen LogP contribution in [0.2, 0.25) is 0 Å². The Morgan fingerprint density at radius 2 is 1.78 bits per heavy atom. The number of nitrogens with one attached hydrogen (secondary N) is 2. The van der Waals surface area contributed by atoms with Crippen LogP contribution in [0.25, 0.3) is 22.5 Å². The summed E-state index contributed by atoms with van der Waals surface area (Å²) in [5.41, 5.74) is 4.68. The van der Waals surface area contributed by atoms with Crippen molar-refractivity contribution < 1.29 is 32.6 Å². The van der Waals surface area contributed by atoms with E-state index in [4.69, 9.17) is 14.6 Å². The van der Waals surface area contributed by atoms with Gasteiger partial charge in [-0.2, -0.15) is 18.4 Å². The first kappa shape index (κ1) is 27.2. The van der Waals surface area contributed by atoms with E-state index >= 15 is 0 Å². The molecular weight excluding hydrogens is 491 g/mol. The number of esters is 1. The number of nitriles is 1. The highest BCUT2D eigenvalue weighted by Gasteiger charge is 2.38. The normalized spacial score (nSPS) is 13.2. The van der Waals surface area contributed by atoms with Crippen molar-refractivity contribution in [1.29, 1.82) is 5.26 Å². The largest absolute Gasteiger partial charge is 0.490 e. The monoisotopic (exact) mass is 515 g/mol. The second-order valence-electron chi connectivity index (χ2n) is 7.82. The number of piperazine rings is 1. The van der Waals surface area contributed by atoms with Crippen LogP contribution in [0.1, 0.15) is 22.8 Å². The predicted molar refractivity (Wildman–Crippen MR) is 129 cm³/mol. The third-order valence-corrected chi connectivity index (χ3v) is 5.36. The number of hydrogen-bond donors (Lipinski definition) is 3. The van der Waals surface area contributed by atoms with Gasteiger partial charge in [0.05, 0.1) is 23.4 Å². The Morgan fingerprint density at radius 3 is 2.35 bits per heavy atom. The highest BCUT2D eigenvalue weighted by Crippen LogP contribution is 2.29. The minimum atomic E-state index is -5.08. The number of nitrogens with zero attached hydrogens (tertiary/aromatic N) is 3. The quantitative estimate of drug-likeness (QED) is 0.437. The van der Waals surface area contributed by atoms with E-state index in [9.17, 15) is 23.2 Å². The number of carbonyl (C=O) groups is 2. The van der Waals surface area contributed by atoms with Crippen LogP contribution in [0.15, 0.2) is 48.7 Å². The maximum atomic E-state index is 11.8. The molecule has 3 heterocycles. The smallest absolute Gasteiger partial charge is 0.475 e. The van der Waals surface area contributed by atoms with Crippen LogP contribution < -0.4 is 10.2 Å². The van der Waals surface area contributed by atoms with Crippen molar-refractivity contribution in [3.63, 3.8) is 0 Å². The number of carboxylic acids is 1. The van der Waals surface area contributed by atoms with Crippen molar-refractivity contribution in [1.82, 2.24) is 15.3 Å². The minimum absolute atomic E-state index is 0.332. The standard InChI is InChI=1S/C23H23N5O2.C2HF3O2/c1-2-30-23(29)17-5-3-16(4-6-17)20-13-18(7-8-26-20)21-14-19(15-24)22(27-21)28-11-9-25-10-12-28;3-2(4,5)1(6)7/h3-8,13-14,25,27H,2,9-12H2,1H3;(H,6,7). The molecule has 4 rings (SSSR count). The highest BCUT2D eigenvalue weighted by molar-refractivity contribution is 5.90. The average Bonchev–Trinajstić information content (AvgIpc) is 3.34. The number of ether oxygens (including phenoxy) is 1. The van der Waals surface area contributed by atoms with Crippen molar-refractivity contribution in [2.75, 3.05) is 37.7 Å². The zero-order chi connectivity index (χ0) is 27.0. The number of carbonyl (C=O) groups excluding carboxylic acids is 1. The lowest BCUT2D eigenvalue weighted by atomic mass is 10.1. The van der Waals surface area contributed by atoms with Gasteiger partial charge in [-0.15, -0.1) is 0 Å².